The molecule has 35 heavy (non-hydrogen) atoms. The second kappa shape index (κ2) is 10.3. The molecule has 3 aromatic rings. The van der Waals surface area contributed by atoms with Crippen LogP contribution >= 0.6 is 0 Å². The molecule has 3 aromatic carbocycles. The van der Waals surface area contributed by atoms with Gasteiger partial charge in [0.2, 0.25) is 5.91 Å². The van der Waals surface area contributed by atoms with Crippen LogP contribution in [-0.2, 0) is 4.79 Å². The first-order valence-corrected chi connectivity index (χ1v) is 11.1. The van der Waals surface area contributed by atoms with Crippen LogP contribution in [0.15, 0.2) is 66.7 Å². The molecule has 180 valence electrons. The number of benzene rings is 3. The Hall–Kier alpha value is -4.27. The van der Waals surface area contributed by atoms with E-state index >= 15 is 0 Å². The predicted molar refractivity (Wildman–Crippen MR) is 126 cm³/mol. The van der Waals surface area contributed by atoms with Crippen molar-refractivity contribution in [1.29, 1.82) is 0 Å². The summed E-state index contributed by atoms with van der Waals surface area (Å²) in [5, 5.41) is 15.7. The van der Waals surface area contributed by atoms with E-state index in [4.69, 9.17) is 0 Å². The Morgan fingerprint density at radius 1 is 0.886 bits per heavy atom. The predicted octanol–water partition coefficient (Wildman–Crippen LogP) is 4.41. The first kappa shape index (κ1) is 23.9. The maximum atomic E-state index is 13.4. The molecule has 1 aliphatic heterocycles. The number of amides is 3. The third-order valence-corrected chi connectivity index (χ3v) is 5.73. The van der Waals surface area contributed by atoms with Gasteiger partial charge in [-0.05, 0) is 49.2 Å². The molecule has 1 heterocycles. The van der Waals surface area contributed by atoms with Gasteiger partial charge in [0.15, 0.2) is 0 Å². The Morgan fingerprint density at radius 3 is 2.29 bits per heavy atom. The van der Waals surface area contributed by atoms with Gasteiger partial charge < -0.3 is 20.6 Å². The molecule has 0 bridgehead atoms. The first-order valence-electron chi connectivity index (χ1n) is 11.1. The number of likely N-dealkylation sites (tertiary alicyclic amines) is 1. The zero-order chi connectivity index (χ0) is 24.9. The van der Waals surface area contributed by atoms with E-state index < -0.39 is 23.4 Å². The number of halogens is 2. The fourth-order valence-corrected chi connectivity index (χ4v) is 3.99. The summed E-state index contributed by atoms with van der Waals surface area (Å²) in [6.07, 6.45) is 1.28. The molecule has 3 amide bonds. The van der Waals surface area contributed by atoms with Gasteiger partial charge in [-0.15, -0.1) is 0 Å². The molecule has 0 saturated carbocycles. The highest BCUT2D eigenvalue weighted by molar-refractivity contribution is 6.05. The lowest BCUT2D eigenvalue weighted by Gasteiger charge is -2.32. The average Bonchev–Trinajstić information content (AvgIpc) is 2.84. The van der Waals surface area contributed by atoms with E-state index in [1.807, 2.05) is 18.2 Å². The summed E-state index contributed by atoms with van der Waals surface area (Å²) in [6.45, 7) is 0.650. The molecule has 0 aliphatic carbocycles. The molecule has 9 heteroatoms. The number of piperidine rings is 1. The van der Waals surface area contributed by atoms with Crippen LogP contribution in [0.3, 0.4) is 0 Å². The number of hydrogen-bond donors (Lipinski definition) is 3. The van der Waals surface area contributed by atoms with Gasteiger partial charge in [0.1, 0.15) is 17.4 Å². The van der Waals surface area contributed by atoms with Crippen molar-refractivity contribution in [2.75, 3.05) is 23.7 Å². The van der Waals surface area contributed by atoms with Gasteiger partial charge in [0.05, 0.1) is 11.5 Å². The molecule has 0 spiro atoms. The zero-order valence-corrected chi connectivity index (χ0v) is 18.6. The standard InChI is InChI=1S/C26H23F2N3O4/c27-18-11-17(12-19(28)13-18)25(34)30-21-8-9-22(23(32)14-21)26(35)31-10-4-5-16(15-31)24(33)29-20-6-2-1-3-7-20/h1-3,6-9,11-14,16,32H,4-5,10,15H2,(H,29,33)(H,30,34). The molecule has 0 radical (unpaired) electrons. The fourth-order valence-electron chi connectivity index (χ4n) is 3.99. The smallest absolute Gasteiger partial charge is 0.257 e. The second-order valence-electron chi connectivity index (χ2n) is 8.29. The molecule has 3 N–H and O–H groups in total. The summed E-state index contributed by atoms with van der Waals surface area (Å²) in [7, 11) is 0. The monoisotopic (exact) mass is 479 g/mol. The van der Waals surface area contributed by atoms with Crippen LogP contribution in [0, 0.1) is 17.6 Å². The number of aromatic hydroxyl groups is 1. The van der Waals surface area contributed by atoms with Gasteiger partial charge in [0, 0.05) is 42.2 Å². The van der Waals surface area contributed by atoms with E-state index in [1.54, 1.807) is 12.1 Å². The lowest BCUT2D eigenvalue weighted by atomic mass is 9.96. The number of para-hydroxylation sites is 1. The molecule has 1 aliphatic rings. The number of rotatable bonds is 5. The van der Waals surface area contributed by atoms with Crippen molar-refractivity contribution in [1.82, 2.24) is 4.90 Å². The number of carbonyl (C=O) groups excluding carboxylic acids is 3. The molecule has 4 rings (SSSR count). The summed E-state index contributed by atoms with van der Waals surface area (Å²) in [5.74, 6) is -3.93. The molecule has 1 unspecified atom stereocenters. The van der Waals surface area contributed by atoms with Crippen LogP contribution in [0.25, 0.3) is 0 Å². The first-order chi connectivity index (χ1) is 16.8. The van der Waals surface area contributed by atoms with Crippen molar-refractivity contribution in [3.63, 3.8) is 0 Å². The maximum absolute atomic E-state index is 13.4. The Labute approximate surface area is 200 Å². The molecule has 1 fully saturated rings. The van der Waals surface area contributed by atoms with Gasteiger partial charge in [-0.2, -0.15) is 0 Å². The number of carbonyl (C=O) groups is 3. The highest BCUT2D eigenvalue weighted by Crippen LogP contribution is 2.27. The van der Waals surface area contributed by atoms with Crippen molar-refractivity contribution < 1.29 is 28.3 Å². The molecular weight excluding hydrogens is 456 g/mol. The molecular formula is C26H23F2N3O4. The zero-order valence-electron chi connectivity index (χ0n) is 18.6. The summed E-state index contributed by atoms with van der Waals surface area (Å²) >= 11 is 0. The van der Waals surface area contributed by atoms with Gasteiger partial charge in [-0.3, -0.25) is 14.4 Å². The van der Waals surface area contributed by atoms with Crippen LogP contribution < -0.4 is 10.6 Å². The Morgan fingerprint density at radius 2 is 1.60 bits per heavy atom. The van der Waals surface area contributed by atoms with Crippen molar-refractivity contribution in [3.8, 4) is 5.75 Å². The van der Waals surface area contributed by atoms with E-state index in [-0.39, 0.29) is 40.9 Å². The summed E-state index contributed by atoms with van der Waals surface area (Å²) in [4.78, 5) is 39.5. The number of hydrogen-bond acceptors (Lipinski definition) is 4. The van der Waals surface area contributed by atoms with E-state index in [0.717, 1.165) is 12.1 Å². The van der Waals surface area contributed by atoms with Crippen molar-refractivity contribution in [3.05, 3.63) is 89.5 Å². The van der Waals surface area contributed by atoms with Gasteiger partial charge >= 0.3 is 0 Å². The van der Waals surface area contributed by atoms with Crippen molar-refractivity contribution in [2.45, 2.75) is 12.8 Å². The maximum Gasteiger partial charge on any atom is 0.257 e. The van der Waals surface area contributed by atoms with Gasteiger partial charge in [-0.25, -0.2) is 8.78 Å². The molecule has 1 saturated heterocycles. The van der Waals surface area contributed by atoms with E-state index in [1.165, 1.54) is 23.1 Å². The molecule has 0 aromatic heterocycles. The van der Waals surface area contributed by atoms with E-state index in [2.05, 4.69) is 10.6 Å². The number of phenols is 1. The largest absolute Gasteiger partial charge is 0.507 e. The van der Waals surface area contributed by atoms with Crippen molar-refractivity contribution in [2.24, 2.45) is 5.92 Å². The minimum atomic E-state index is -0.892. The van der Waals surface area contributed by atoms with Gasteiger partial charge in [0.25, 0.3) is 11.8 Å². The van der Waals surface area contributed by atoms with Crippen LogP contribution in [0.1, 0.15) is 33.6 Å². The fraction of sp³-hybridized carbons (Fsp3) is 0.192. The third kappa shape index (κ3) is 5.81. The van der Waals surface area contributed by atoms with E-state index in [0.29, 0.717) is 31.1 Å². The summed E-state index contributed by atoms with van der Waals surface area (Å²) in [5.41, 5.74) is 0.615. The summed E-state index contributed by atoms with van der Waals surface area (Å²) < 4.78 is 26.7. The number of nitrogens with zero attached hydrogens (tertiary/aromatic N) is 1. The minimum Gasteiger partial charge on any atom is -0.507 e. The second-order valence-corrected chi connectivity index (χ2v) is 8.29. The topological polar surface area (TPSA) is 98.7 Å². The molecule has 7 nitrogen and oxygen atoms in total. The number of phenolic OH excluding ortho intramolecular Hbond substituents is 1. The molecule has 1 atom stereocenters. The highest BCUT2D eigenvalue weighted by atomic mass is 19.1. The van der Waals surface area contributed by atoms with Crippen LogP contribution in [0.4, 0.5) is 20.2 Å². The lowest BCUT2D eigenvalue weighted by molar-refractivity contribution is -0.121. The normalized spacial score (nSPS) is 15.4. The van der Waals surface area contributed by atoms with Crippen molar-refractivity contribution >= 4 is 29.1 Å². The van der Waals surface area contributed by atoms with Crippen LogP contribution in [0.2, 0.25) is 0 Å². The Balaban J connectivity index is 1.41. The SMILES string of the molecule is O=C(Nc1ccc(C(=O)N2CCCC(C(=O)Nc3ccccc3)C2)c(O)c1)c1cc(F)cc(F)c1. The Kier molecular flexibility index (Phi) is 7.05. The number of nitrogens with one attached hydrogen (secondary N) is 2. The third-order valence-electron chi connectivity index (χ3n) is 5.73. The van der Waals surface area contributed by atoms with Crippen LogP contribution in [-0.4, -0.2) is 40.8 Å². The summed E-state index contributed by atoms with van der Waals surface area (Å²) in [6, 6.07) is 15.4. The van der Waals surface area contributed by atoms with Crippen LogP contribution in [0.5, 0.6) is 5.75 Å². The number of anilines is 2. The average molecular weight is 479 g/mol. The van der Waals surface area contributed by atoms with Gasteiger partial charge in [-0.1, -0.05) is 18.2 Å². The van der Waals surface area contributed by atoms with E-state index in [9.17, 15) is 28.3 Å². The quantitative estimate of drug-likeness (QED) is 0.505. The highest BCUT2D eigenvalue weighted by Gasteiger charge is 2.30. The minimum absolute atomic E-state index is 0.0175. The Bertz CT molecular complexity index is 1250. The lowest BCUT2D eigenvalue weighted by Crippen LogP contribution is -2.43.